The van der Waals surface area contributed by atoms with Gasteiger partial charge >= 0.3 is 0 Å². The Morgan fingerprint density at radius 3 is 3.05 bits per heavy atom. The van der Waals surface area contributed by atoms with Gasteiger partial charge in [0.15, 0.2) is 0 Å². The summed E-state index contributed by atoms with van der Waals surface area (Å²) < 4.78 is 5.99. The summed E-state index contributed by atoms with van der Waals surface area (Å²) in [6.07, 6.45) is 2.50. The molecule has 0 saturated heterocycles. The van der Waals surface area contributed by atoms with Crippen LogP contribution >= 0.6 is 15.9 Å². The van der Waals surface area contributed by atoms with E-state index < -0.39 is 0 Å². The van der Waals surface area contributed by atoms with Crippen molar-refractivity contribution in [1.29, 1.82) is 0 Å². The van der Waals surface area contributed by atoms with Gasteiger partial charge in [0.25, 0.3) is 0 Å². The molecule has 0 saturated carbocycles. The second-order valence-electron chi connectivity index (χ2n) is 3.95. The Morgan fingerprint density at radius 2 is 2.26 bits per heavy atom. The van der Waals surface area contributed by atoms with Gasteiger partial charge in [-0.3, -0.25) is 0 Å². The molecule has 2 rings (SSSR count). The number of aromatic nitrogens is 2. The van der Waals surface area contributed by atoms with Crippen LogP contribution in [-0.4, -0.2) is 23.6 Å². The Balaban J connectivity index is 1.94. The number of nitrogens with one attached hydrogen (secondary N) is 1. The molecule has 19 heavy (non-hydrogen) atoms. The smallest absolute Gasteiger partial charge is 0.221 e. The number of ether oxygens (including phenoxy) is 1. The molecule has 0 aliphatic rings. The van der Waals surface area contributed by atoms with Gasteiger partial charge in [-0.15, -0.1) is 0 Å². The number of halogens is 1. The monoisotopic (exact) mass is 322 g/mol. The molecule has 0 aliphatic carbocycles. The maximum absolute atomic E-state index is 5.55. The van der Waals surface area contributed by atoms with E-state index in [1.165, 1.54) is 5.56 Å². The minimum absolute atomic E-state index is 0.257. The van der Waals surface area contributed by atoms with Crippen LogP contribution in [0.25, 0.3) is 0 Å². The number of benzene rings is 1. The van der Waals surface area contributed by atoms with E-state index >= 15 is 0 Å². The van der Waals surface area contributed by atoms with Crippen molar-refractivity contribution in [2.24, 2.45) is 0 Å². The molecule has 0 unspecified atom stereocenters. The first kappa shape index (κ1) is 13.6. The SMILES string of the molecule is COc1cccc(CCNc2nc(N)ncc2Br)c1. The fourth-order valence-electron chi connectivity index (χ4n) is 1.66. The first-order chi connectivity index (χ1) is 9.19. The van der Waals surface area contributed by atoms with Gasteiger partial charge in [0.05, 0.1) is 11.6 Å². The predicted octanol–water partition coefficient (Wildman–Crippen LogP) is 2.48. The van der Waals surface area contributed by atoms with E-state index in [0.717, 1.165) is 23.2 Å². The summed E-state index contributed by atoms with van der Waals surface area (Å²) in [4.78, 5) is 8.01. The average molecular weight is 323 g/mol. The second kappa shape index (κ2) is 6.38. The van der Waals surface area contributed by atoms with Crippen molar-refractivity contribution < 1.29 is 4.74 Å². The highest BCUT2D eigenvalue weighted by atomic mass is 79.9. The number of hydrogen-bond donors (Lipinski definition) is 2. The Hall–Kier alpha value is -1.82. The van der Waals surface area contributed by atoms with Gasteiger partial charge in [-0.25, -0.2) is 4.98 Å². The Labute approximate surface area is 120 Å². The van der Waals surface area contributed by atoms with Crippen LogP contribution in [0.1, 0.15) is 5.56 Å². The Morgan fingerprint density at radius 1 is 1.42 bits per heavy atom. The predicted molar refractivity (Wildman–Crippen MR) is 79.3 cm³/mol. The van der Waals surface area contributed by atoms with Crippen LogP contribution in [0.2, 0.25) is 0 Å². The third-order valence-corrected chi connectivity index (χ3v) is 3.18. The van der Waals surface area contributed by atoms with E-state index in [2.05, 4.69) is 37.3 Å². The fraction of sp³-hybridized carbons (Fsp3) is 0.231. The number of nitrogen functional groups attached to an aromatic ring is 1. The molecule has 3 N–H and O–H groups in total. The molecule has 0 atom stereocenters. The molecule has 100 valence electrons. The van der Waals surface area contributed by atoms with Crippen molar-refractivity contribution in [2.45, 2.75) is 6.42 Å². The maximum Gasteiger partial charge on any atom is 0.221 e. The van der Waals surface area contributed by atoms with E-state index in [1.54, 1.807) is 13.3 Å². The van der Waals surface area contributed by atoms with Crippen LogP contribution in [0.3, 0.4) is 0 Å². The van der Waals surface area contributed by atoms with Gasteiger partial charge in [0.2, 0.25) is 5.95 Å². The van der Waals surface area contributed by atoms with Crippen molar-refractivity contribution in [3.63, 3.8) is 0 Å². The van der Waals surface area contributed by atoms with Crippen LogP contribution < -0.4 is 15.8 Å². The van der Waals surface area contributed by atoms with Crippen molar-refractivity contribution in [3.05, 3.63) is 40.5 Å². The molecule has 1 aromatic carbocycles. The van der Waals surface area contributed by atoms with Gasteiger partial charge in [0, 0.05) is 12.7 Å². The van der Waals surface area contributed by atoms with Gasteiger partial charge in [-0.1, -0.05) is 12.1 Å². The number of rotatable bonds is 5. The topological polar surface area (TPSA) is 73.1 Å². The highest BCUT2D eigenvalue weighted by Crippen LogP contribution is 2.19. The number of nitrogens with zero attached hydrogens (tertiary/aromatic N) is 2. The van der Waals surface area contributed by atoms with Gasteiger partial charge < -0.3 is 15.8 Å². The molecule has 0 spiro atoms. The van der Waals surface area contributed by atoms with Gasteiger partial charge in [-0.05, 0) is 40.0 Å². The normalized spacial score (nSPS) is 10.2. The van der Waals surface area contributed by atoms with Crippen molar-refractivity contribution >= 4 is 27.7 Å². The molecule has 2 aromatic rings. The fourth-order valence-corrected chi connectivity index (χ4v) is 1.99. The highest BCUT2D eigenvalue weighted by Gasteiger charge is 2.03. The molecular weight excluding hydrogens is 308 g/mol. The lowest BCUT2D eigenvalue weighted by Crippen LogP contribution is -2.08. The number of methoxy groups -OCH3 is 1. The summed E-state index contributed by atoms with van der Waals surface area (Å²) in [5, 5.41) is 3.22. The number of anilines is 2. The third kappa shape index (κ3) is 3.82. The van der Waals surface area contributed by atoms with E-state index in [1.807, 2.05) is 18.2 Å². The molecule has 0 bridgehead atoms. The summed E-state index contributed by atoms with van der Waals surface area (Å²) >= 11 is 3.38. The minimum Gasteiger partial charge on any atom is -0.497 e. The first-order valence-electron chi connectivity index (χ1n) is 5.84. The van der Waals surface area contributed by atoms with E-state index in [9.17, 15) is 0 Å². The molecule has 6 heteroatoms. The Bertz CT molecular complexity index is 562. The first-order valence-corrected chi connectivity index (χ1v) is 6.63. The molecule has 0 fully saturated rings. The molecule has 0 amide bonds. The van der Waals surface area contributed by atoms with Crippen LogP contribution in [-0.2, 0) is 6.42 Å². The molecule has 1 aromatic heterocycles. The summed E-state index contributed by atoms with van der Waals surface area (Å²) in [6, 6.07) is 7.99. The third-order valence-electron chi connectivity index (χ3n) is 2.60. The summed E-state index contributed by atoms with van der Waals surface area (Å²) in [6.45, 7) is 0.752. The largest absolute Gasteiger partial charge is 0.497 e. The molecule has 5 nitrogen and oxygen atoms in total. The quantitative estimate of drug-likeness (QED) is 0.884. The van der Waals surface area contributed by atoms with E-state index in [0.29, 0.717) is 5.82 Å². The van der Waals surface area contributed by atoms with E-state index in [-0.39, 0.29) is 5.95 Å². The van der Waals surface area contributed by atoms with E-state index in [4.69, 9.17) is 10.5 Å². The summed E-state index contributed by atoms with van der Waals surface area (Å²) in [5.41, 5.74) is 6.75. The zero-order chi connectivity index (χ0) is 13.7. The van der Waals surface area contributed by atoms with Crippen molar-refractivity contribution in [3.8, 4) is 5.75 Å². The van der Waals surface area contributed by atoms with Crippen molar-refractivity contribution in [1.82, 2.24) is 9.97 Å². The summed E-state index contributed by atoms with van der Waals surface area (Å²) in [7, 11) is 1.66. The van der Waals surface area contributed by atoms with Crippen LogP contribution in [0.4, 0.5) is 11.8 Å². The zero-order valence-electron chi connectivity index (χ0n) is 10.6. The Kier molecular flexibility index (Phi) is 4.57. The number of hydrogen-bond acceptors (Lipinski definition) is 5. The van der Waals surface area contributed by atoms with Crippen LogP contribution in [0.15, 0.2) is 34.9 Å². The average Bonchev–Trinajstić information content (AvgIpc) is 2.43. The molecule has 0 radical (unpaired) electrons. The lowest BCUT2D eigenvalue weighted by Gasteiger charge is -2.08. The summed E-state index contributed by atoms with van der Waals surface area (Å²) in [5.74, 6) is 1.83. The standard InChI is InChI=1S/C13H15BrN4O/c1-19-10-4-2-3-9(7-10)5-6-16-12-11(14)8-17-13(15)18-12/h2-4,7-8H,5-6H2,1H3,(H3,15,16,17,18). The molecule has 1 heterocycles. The number of nitrogens with two attached hydrogens (primary N) is 1. The lowest BCUT2D eigenvalue weighted by atomic mass is 10.1. The lowest BCUT2D eigenvalue weighted by molar-refractivity contribution is 0.414. The minimum atomic E-state index is 0.257. The second-order valence-corrected chi connectivity index (χ2v) is 4.81. The molecule has 0 aliphatic heterocycles. The molecular formula is C13H15BrN4O. The zero-order valence-corrected chi connectivity index (χ0v) is 12.1. The van der Waals surface area contributed by atoms with Gasteiger partial charge in [-0.2, -0.15) is 4.98 Å². The van der Waals surface area contributed by atoms with Crippen molar-refractivity contribution in [2.75, 3.05) is 24.7 Å². The van der Waals surface area contributed by atoms with Gasteiger partial charge in [0.1, 0.15) is 11.6 Å². The van der Waals surface area contributed by atoms with Crippen LogP contribution in [0, 0.1) is 0 Å². The maximum atomic E-state index is 5.55. The van der Waals surface area contributed by atoms with Crippen LogP contribution in [0.5, 0.6) is 5.75 Å². The highest BCUT2D eigenvalue weighted by molar-refractivity contribution is 9.10.